The van der Waals surface area contributed by atoms with Gasteiger partial charge in [-0.2, -0.15) is 0 Å². The Labute approximate surface area is 158 Å². The number of ether oxygens (including phenoxy) is 1. The van der Waals surface area contributed by atoms with E-state index in [1.807, 2.05) is 0 Å². The fourth-order valence-electron chi connectivity index (χ4n) is 3.34. The molecule has 1 atom stereocenters. The fraction of sp³-hybridized carbons (Fsp3) is 0.526. The van der Waals surface area contributed by atoms with Crippen molar-refractivity contribution in [1.82, 2.24) is 9.80 Å². The Morgan fingerprint density at radius 1 is 1.07 bits per heavy atom. The van der Waals surface area contributed by atoms with Gasteiger partial charge >= 0.3 is 0 Å². The molecule has 8 heteroatoms. The molecule has 146 valence electrons. The molecule has 2 N–H and O–H groups in total. The van der Waals surface area contributed by atoms with E-state index < -0.39 is 0 Å². The van der Waals surface area contributed by atoms with E-state index in [-0.39, 0.29) is 30.1 Å². The molecule has 27 heavy (non-hydrogen) atoms. The highest BCUT2D eigenvalue weighted by Crippen LogP contribution is 2.21. The normalized spacial score (nSPS) is 20.6. The fourth-order valence-corrected chi connectivity index (χ4v) is 3.34. The Balaban J connectivity index is 1.47. The Morgan fingerprint density at radius 3 is 2.33 bits per heavy atom. The monoisotopic (exact) mass is 374 g/mol. The van der Waals surface area contributed by atoms with Gasteiger partial charge in [0.05, 0.1) is 19.1 Å². The van der Waals surface area contributed by atoms with Crippen LogP contribution in [-0.4, -0.2) is 73.5 Å². The highest BCUT2D eigenvalue weighted by atomic mass is 16.5. The molecule has 0 saturated carbocycles. The summed E-state index contributed by atoms with van der Waals surface area (Å²) in [5.74, 6) is -0.598. The summed E-state index contributed by atoms with van der Waals surface area (Å²) in [5.41, 5.74) is 1.32. The van der Waals surface area contributed by atoms with Crippen LogP contribution in [0.2, 0.25) is 0 Å². The summed E-state index contributed by atoms with van der Waals surface area (Å²) in [4.78, 5) is 39.8. The maximum Gasteiger partial charge on any atom is 0.229 e. The third-order valence-electron chi connectivity index (χ3n) is 4.85. The second-order valence-corrected chi connectivity index (χ2v) is 6.94. The van der Waals surface area contributed by atoms with Crippen molar-refractivity contribution < 1.29 is 19.1 Å². The van der Waals surface area contributed by atoms with Gasteiger partial charge < -0.3 is 20.3 Å². The quantitative estimate of drug-likeness (QED) is 0.767. The van der Waals surface area contributed by atoms with Crippen LogP contribution < -0.4 is 10.6 Å². The first kappa shape index (κ1) is 19.3. The molecule has 3 rings (SSSR count). The lowest BCUT2D eigenvalue weighted by molar-refractivity contribution is -0.128. The van der Waals surface area contributed by atoms with Gasteiger partial charge in [0.2, 0.25) is 17.7 Å². The van der Waals surface area contributed by atoms with E-state index in [0.717, 1.165) is 32.8 Å². The predicted molar refractivity (Wildman–Crippen MR) is 101 cm³/mol. The maximum atomic E-state index is 12.5. The predicted octanol–water partition coefficient (Wildman–Crippen LogP) is 0.764. The van der Waals surface area contributed by atoms with Crippen molar-refractivity contribution in [2.45, 2.75) is 13.3 Å². The van der Waals surface area contributed by atoms with E-state index in [9.17, 15) is 14.4 Å². The zero-order valence-electron chi connectivity index (χ0n) is 15.6. The lowest BCUT2D eigenvalue weighted by Crippen LogP contribution is -2.42. The van der Waals surface area contributed by atoms with E-state index in [2.05, 4.69) is 15.5 Å². The van der Waals surface area contributed by atoms with Gasteiger partial charge in [-0.25, -0.2) is 0 Å². The largest absolute Gasteiger partial charge is 0.379 e. The number of benzene rings is 1. The van der Waals surface area contributed by atoms with Crippen molar-refractivity contribution in [3.8, 4) is 0 Å². The second kappa shape index (κ2) is 8.96. The van der Waals surface area contributed by atoms with Crippen molar-refractivity contribution in [1.29, 1.82) is 0 Å². The van der Waals surface area contributed by atoms with Crippen LogP contribution in [0.4, 0.5) is 11.4 Å². The number of nitrogens with zero attached hydrogens (tertiary/aromatic N) is 2. The number of likely N-dealkylation sites (tertiary alicyclic amines) is 1. The van der Waals surface area contributed by atoms with Crippen molar-refractivity contribution >= 4 is 29.1 Å². The van der Waals surface area contributed by atoms with E-state index in [0.29, 0.717) is 24.5 Å². The minimum atomic E-state index is -0.336. The number of morpholine rings is 1. The highest BCUT2D eigenvalue weighted by molar-refractivity contribution is 5.97. The van der Waals surface area contributed by atoms with E-state index in [1.54, 1.807) is 29.2 Å². The van der Waals surface area contributed by atoms with Gasteiger partial charge in [0.1, 0.15) is 0 Å². The lowest BCUT2D eigenvalue weighted by atomic mass is 10.1. The number of anilines is 2. The minimum Gasteiger partial charge on any atom is -0.379 e. The number of hydrogen-bond acceptors (Lipinski definition) is 5. The first-order valence-corrected chi connectivity index (χ1v) is 9.27. The van der Waals surface area contributed by atoms with Crippen molar-refractivity contribution in [3.05, 3.63) is 24.3 Å². The molecule has 0 aliphatic carbocycles. The van der Waals surface area contributed by atoms with Gasteiger partial charge in [0.15, 0.2) is 0 Å². The standard InChI is InChI=1S/C19H26N4O4/c1-14(24)20-16-2-4-17(5-3-16)21-19(26)15-12-18(25)23(13-15)7-6-22-8-10-27-11-9-22/h2-5,15H,6-13H2,1H3,(H,20,24)(H,21,26). The van der Waals surface area contributed by atoms with Crippen LogP contribution in [-0.2, 0) is 19.1 Å². The number of hydrogen-bond donors (Lipinski definition) is 2. The molecule has 2 heterocycles. The van der Waals surface area contributed by atoms with Gasteiger partial charge in [-0.05, 0) is 24.3 Å². The zero-order chi connectivity index (χ0) is 19.2. The van der Waals surface area contributed by atoms with Crippen molar-refractivity contribution in [2.24, 2.45) is 5.92 Å². The van der Waals surface area contributed by atoms with Crippen molar-refractivity contribution in [2.75, 3.05) is 56.6 Å². The smallest absolute Gasteiger partial charge is 0.229 e. The molecule has 3 amide bonds. The van der Waals surface area contributed by atoms with Crippen LogP contribution in [0.1, 0.15) is 13.3 Å². The SMILES string of the molecule is CC(=O)Nc1ccc(NC(=O)C2CC(=O)N(CCN3CCOCC3)C2)cc1. The summed E-state index contributed by atoms with van der Waals surface area (Å²) in [6, 6.07) is 6.92. The molecule has 2 saturated heterocycles. The molecule has 1 unspecified atom stereocenters. The molecular formula is C19H26N4O4. The molecule has 8 nitrogen and oxygen atoms in total. The third kappa shape index (κ3) is 5.51. The molecule has 0 spiro atoms. The Hall–Kier alpha value is -2.45. The molecule has 1 aromatic rings. The average Bonchev–Trinajstić information content (AvgIpc) is 3.03. The molecule has 1 aromatic carbocycles. The van der Waals surface area contributed by atoms with Gasteiger partial charge in [-0.15, -0.1) is 0 Å². The van der Waals surface area contributed by atoms with Crippen LogP contribution in [0.5, 0.6) is 0 Å². The summed E-state index contributed by atoms with van der Waals surface area (Å²) >= 11 is 0. The van der Waals surface area contributed by atoms with E-state index in [1.165, 1.54) is 6.92 Å². The second-order valence-electron chi connectivity index (χ2n) is 6.94. The molecule has 0 bridgehead atoms. The molecule has 2 aliphatic rings. The molecule has 0 aromatic heterocycles. The van der Waals surface area contributed by atoms with Gasteiger partial charge in [-0.3, -0.25) is 19.3 Å². The lowest BCUT2D eigenvalue weighted by Gasteiger charge is -2.28. The van der Waals surface area contributed by atoms with Crippen molar-refractivity contribution in [3.63, 3.8) is 0 Å². The summed E-state index contributed by atoms with van der Waals surface area (Å²) in [6.45, 7) is 6.61. The average molecular weight is 374 g/mol. The number of amides is 3. The Morgan fingerprint density at radius 2 is 1.70 bits per heavy atom. The zero-order valence-corrected chi connectivity index (χ0v) is 15.6. The van der Waals surface area contributed by atoms with Gasteiger partial charge in [-0.1, -0.05) is 0 Å². The third-order valence-corrected chi connectivity index (χ3v) is 4.85. The molecule has 2 fully saturated rings. The van der Waals surface area contributed by atoms with E-state index >= 15 is 0 Å². The topological polar surface area (TPSA) is 91.0 Å². The van der Waals surface area contributed by atoms with Crippen LogP contribution in [0.3, 0.4) is 0 Å². The van der Waals surface area contributed by atoms with E-state index in [4.69, 9.17) is 4.74 Å². The number of carbonyl (C=O) groups is 3. The first-order valence-electron chi connectivity index (χ1n) is 9.27. The highest BCUT2D eigenvalue weighted by Gasteiger charge is 2.34. The molecule has 2 aliphatic heterocycles. The maximum absolute atomic E-state index is 12.5. The summed E-state index contributed by atoms with van der Waals surface area (Å²) in [5, 5.41) is 5.53. The van der Waals surface area contributed by atoms with Crippen LogP contribution in [0.25, 0.3) is 0 Å². The summed E-state index contributed by atoms with van der Waals surface area (Å²) in [6.07, 6.45) is 0.249. The van der Waals surface area contributed by atoms with Gasteiger partial charge in [0.25, 0.3) is 0 Å². The van der Waals surface area contributed by atoms with Gasteiger partial charge in [0, 0.05) is 57.4 Å². The van der Waals surface area contributed by atoms with Crippen LogP contribution in [0.15, 0.2) is 24.3 Å². The number of nitrogens with one attached hydrogen (secondary N) is 2. The molecular weight excluding hydrogens is 348 g/mol. The Bertz CT molecular complexity index is 685. The Kier molecular flexibility index (Phi) is 6.41. The summed E-state index contributed by atoms with van der Waals surface area (Å²) in [7, 11) is 0. The minimum absolute atomic E-state index is 0.0319. The molecule has 0 radical (unpaired) electrons. The number of rotatable bonds is 6. The van der Waals surface area contributed by atoms with Crippen LogP contribution >= 0.6 is 0 Å². The first-order chi connectivity index (χ1) is 13.0. The van der Waals surface area contributed by atoms with Crippen LogP contribution in [0, 0.1) is 5.92 Å². The summed E-state index contributed by atoms with van der Waals surface area (Å²) < 4.78 is 5.33. The number of carbonyl (C=O) groups excluding carboxylic acids is 3.